The molecule has 1 aliphatic rings. The molecule has 1 unspecified atom stereocenters. The van der Waals surface area contributed by atoms with Gasteiger partial charge in [-0.2, -0.15) is 0 Å². The summed E-state index contributed by atoms with van der Waals surface area (Å²) in [5.74, 6) is -1.39. The smallest absolute Gasteiger partial charge is 0.305 e. The fraction of sp³-hybridized carbons (Fsp3) is 0.316. The van der Waals surface area contributed by atoms with Gasteiger partial charge in [0.1, 0.15) is 5.76 Å². The highest BCUT2D eigenvalue weighted by Gasteiger charge is 2.35. The molecular formula is C19H19ClN2O5. The second-order valence-corrected chi connectivity index (χ2v) is 6.90. The van der Waals surface area contributed by atoms with E-state index < -0.39 is 17.9 Å². The van der Waals surface area contributed by atoms with E-state index in [1.54, 1.807) is 41.3 Å². The topological polar surface area (TPSA) is 99.8 Å². The van der Waals surface area contributed by atoms with Crippen molar-refractivity contribution in [3.05, 3.63) is 59.0 Å². The van der Waals surface area contributed by atoms with Crippen molar-refractivity contribution in [3.8, 4) is 0 Å². The van der Waals surface area contributed by atoms with Crippen LogP contribution in [-0.2, 0) is 20.9 Å². The highest BCUT2D eigenvalue weighted by Crippen LogP contribution is 2.24. The van der Waals surface area contributed by atoms with Crippen LogP contribution >= 0.6 is 11.6 Å². The monoisotopic (exact) mass is 390 g/mol. The largest absolute Gasteiger partial charge is 0.481 e. The number of likely N-dealkylation sites (tertiary alicyclic amines) is 1. The Balaban J connectivity index is 1.65. The van der Waals surface area contributed by atoms with Gasteiger partial charge in [0, 0.05) is 18.0 Å². The lowest BCUT2D eigenvalue weighted by atomic mass is 10.0. The SMILES string of the molecule is O=C(O)C[C@H](NC(=O)C1CC(=O)N(Cc2ccco2)C1)c1ccc(Cl)cc1. The number of carbonyl (C=O) groups excluding carboxylic acids is 2. The number of carboxylic acids is 1. The van der Waals surface area contributed by atoms with E-state index in [0.29, 0.717) is 22.9 Å². The number of aliphatic carboxylic acids is 1. The molecule has 1 aromatic carbocycles. The van der Waals surface area contributed by atoms with Crippen LogP contribution in [0, 0.1) is 5.92 Å². The lowest BCUT2D eigenvalue weighted by Crippen LogP contribution is -2.36. The number of furan rings is 1. The highest BCUT2D eigenvalue weighted by molar-refractivity contribution is 6.30. The quantitative estimate of drug-likeness (QED) is 0.757. The molecule has 0 aliphatic carbocycles. The van der Waals surface area contributed by atoms with Crippen LogP contribution in [0.1, 0.15) is 30.2 Å². The van der Waals surface area contributed by atoms with Gasteiger partial charge in [-0.3, -0.25) is 14.4 Å². The van der Waals surface area contributed by atoms with Crippen molar-refractivity contribution in [1.82, 2.24) is 10.2 Å². The van der Waals surface area contributed by atoms with Crippen molar-refractivity contribution >= 4 is 29.4 Å². The van der Waals surface area contributed by atoms with Crippen molar-refractivity contribution in [2.45, 2.75) is 25.4 Å². The van der Waals surface area contributed by atoms with E-state index >= 15 is 0 Å². The number of benzene rings is 1. The minimum atomic E-state index is -1.03. The standard InChI is InChI=1S/C19H19ClN2O5/c20-14-5-3-12(4-6-14)16(9-18(24)25)21-19(26)13-8-17(23)22(10-13)11-15-2-1-7-27-15/h1-7,13,16H,8-11H2,(H,21,26)(H,24,25)/t13?,16-/m0/s1. The number of carbonyl (C=O) groups is 3. The molecule has 2 N–H and O–H groups in total. The molecule has 27 heavy (non-hydrogen) atoms. The maximum Gasteiger partial charge on any atom is 0.305 e. The van der Waals surface area contributed by atoms with Crippen molar-refractivity contribution in [2.24, 2.45) is 5.92 Å². The van der Waals surface area contributed by atoms with E-state index in [1.165, 1.54) is 6.26 Å². The number of carboxylic acid groups (broad SMARTS) is 1. The Hall–Kier alpha value is -2.80. The maximum absolute atomic E-state index is 12.6. The summed E-state index contributed by atoms with van der Waals surface area (Å²) >= 11 is 5.87. The van der Waals surface area contributed by atoms with Gasteiger partial charge in [-0.15, -0.1) is 0 Å². The average molecular weight is 391 g/mol. The highest BCUT2D eigenvalue weighted by atomic mass is 35.5. The van der Waals surface area contributed by atoms with Crippen LogP contribution in [0.15, 0.2) is 47.1 Å². The zero-order valence-electron chi connectivity index (χ0n) is 14.4. The zero-order valence-corrected chi connectivity index (χ0v) is 15.2. The lowest BCUT2D eigenvalue weighted by Gasteiger charge is -2.20. The van der Waals surface area contributed by atoms with E-state index in [1.807, 2.05) is 0 Å². The normalized spacial score (nSPS) is 17.7. The number of nitrogens with zero attached hydrogens (tertiary/aromatic N) is 1. The second kappa shape index (κ2) is 8.26. The van der Waals surface area contributed by atoms with Crippen LogP contribution < -0.4 is 5.32 Å². The third-order valence-corrected chi connectivity index (χ3v) is 4.73. The molecule has 0 radical (unpaired) electrons. The second-order valence-electron chi connectivity index (χ2n) is 6.47. The third-order valence-electron chi connectivity index (χ3n) is 4.48. The molecule has 1 aliphatic heterocycles. The summed E-state index contributed by atoms with van der Waals surface area (Å²) in [4.78, 5) is 37.6. The molecular weight excluding hydrogens is 372 g/mol. The Morgan fingerprint density at radius 3 is 2.67 bits per heavy atom. The summed E-state index contributed by atoms with van der Waals surface area (Å²) in [5, 5.41) is 12.4. The van der Waals surface area contributed by atoms with E-state index in [9.17, 15) is 14.4 Å². The fourth-order valence-electron chi connectivity index (χ4n) is 3.10. The number of nitrogens with one attached hydrogen (secondary N) is 1. The summed E-state index contributed by atoms with van der Waals surface area (Å²) in [5.41, 5.74) is 0.645. The molecule has 0 saturated carbocycles. The predicted octanol–water partition coefficient (Wildman–Crippen LogP) is 2.61. The van der Waals surface area contributed by atoms with Gasteiger partial charge in [0.25, 0.3) is 0 Å². The van der Waals surface area contributed by atoms with Crippen LogP contribution in [0.25, 0.3) is 0 Å². The molecule has 142 valence electrons. The van der Waals surface area contributed by atoms with Gasteiger partial charge in [0.05, 0.1) is 31.2 Å². The minimum Gasteiger partial charge on any atom is -0.481 e. The first kappa shape index (κ1) is 19.0. The van der Waals surface area contributed by atoms with Crippen LogP contribution in [-0.4, -0.2) is 34.3 Å². The molecule has 1 fully saturated rings. The Morgan fingerprint density at radius 2 is 2.04 bits per heavy atom. The number of hydrogen-bond donors (Lipinski definition) is 2. The zero-order chi connectivity index (χ0) is 19.4. The van der Waals surface area contributed by atoms with E-state index in [2.05, 4.69) is 5.32 Å². The molecule has 0 spiro atoms. The van der Waals surface area contributed by atoms with Crippen molar-refractivity contribution in [3.63, 3.8) is 0 Å². The molecule has 7 nitrogen and oxygen atoms in total. The molecule has 2 heterocycles. The van der Waals surface area contributed by atoms with E-state index in [-0.39, 0.29) is 31.2 Å². The number of amides is 2. The van der Waals surface area contributed by atoms with Gasteiger partial charge < -0.3 is 19.7 Å². The van der Waals surface area contributed by atoms with Gasteiger partial charge in [0.15, 0.2) is 0 Å². The Morgan fingerprint density at radius 1 is 1.30 bits per heavy atom. The summed E-state index contributed by atoms with van der Waals surface area (Å²) in [7, 11) is 0. The van der Waals surface area contributed by atoms with Gasteiger partial charge in [-0.05, 0) is 29.8 Å². The maximum atomic E-state index is 12.6. The van der Waals surface area contributed by atoms with Crippen LogP contribution in [0.5, 0.6) is 0 Å². The Bertz CT molecular complexity index is 819. The molecule has 8 heteroatoms. The molecule has 2 amide bonds. The Kier molecular flexibility index (Phi) is 5.81. The molecule has 1 aromatic heterocycles. The van der Waals surface area contributed by atoms with Crippen molar-refractivity contribution in [1.29, 1.82) is 0 Å². The molecule has 3 rings (SSSR count). The average Bonchev–Trinajstić information content (AvgIpc) is 3.25. The first-order valence-corrected chi connectivity index (χ1v) is 8.88. The molecule has 1 saturated heterocycles. The number of halogens is 1. The van der Waals surface area contributed by atoms with Gasteiger partial charge >= 0.3 is 5.97 Å². The molecule has 2 atom stereocenters. The number of hydrogen-bond acceptors (Lipinski definition) is 4. The number of rotatable bonds is 7. The van der Waals surface area contributed by atoms with E-state index in [4.69, 9.17) is 21.1 Å². The third kappa shape index (κ3) is 4.89. The van der Waals surface area contributed by atoms with Crippen molar-refractivity contribution in [2.75, 3.05) is 6.54 Å². The van der Waals surface area contributed by atoms with Crippen molar-refractivity contribution < 1.29 is 23.9 Å². The molecule has 0 bridgehead atoms. The van der Waals surface area contributed by atoms with Crippen LogP contribution in [0.3, 0.4) is 0 Å². The predicted molar refractivity (Wildman–Crippen MR) is 96.8 cm³/mol. The lowest BCUT2D eigenvalue weighted by molar-refractivity contribution is -0.138. The van der Waals surface area contributed by atoms with Gasteiger partial charge in [0.2, 0.25) is 11.8 Å². The Labute approximate surface area is 160 Å². The molecule has 2 aromatic rings. The summed E-state index contributed by atoms with van der Waals surface area (Å²) in [6.45, 7) is 0.580. The minimum absolute atomic E-state index is 0.0902. The van der Waals surface area contributed by atoms with Gasteiger partial charge in [-0.25, -0.2) is 0 Å². The summed E-state index contributed by atoms with van der Waals surface area (Å²) in [6, 6.07) is 9.46. The van der Waals surface area contributed by atoms with Gasteiger partial charge in [-0.1, -0.05) is 23.7 Å². The van der Waals surface area contributed by atoms with Crippen LogP contribution in [0.4, 0.5) is 0 Å². The fourth-order valence-corrected chi connectivity index (χ4v) is 3.23. The van der Waals surface area contributed by atoms with E-state index in [0.717, 1.165) is 0 Å². The first-order chi connectivity index (χ1) is 12.9. The summed E-state index contributed by atoms with van der Waals surface area (Å²) in [6.07, 6.45) is 1.36. The summed E-state index contributed by atoms with van der Waals surface area (Å²) < 4.78 is 5.24. The first-order valence-electron chi connectivity index (χ1n) is 8.50. The van der Waals surface area contributed by atoms with Crippen LogP contribution in [0.2, 0.25) is 5.02 Å².